The van der Waals surface area contributed by atoms with E-state index in [4.69, 9.17) is 22.7 Å². The van der Waals surface area contributed by atoms with E-state index in [0.717, 1.165) is 29.1 Å². The lowest BCUT2D eigenvalue weighted by atomic mass is 10.2. The van der Waals surface area contributed by atoms with Gasteiger partial charge in [0.05, 0.1) is 5.69 Å². The third-order valence-corrected chi connectivity index (χ3v) is 2.88. The Morgan fingerprint density at radius 1 is 1.32 bits per heavy atom. The predicted octanol–water partition coefficient (Wildman–Crippen LogP) is 2.77. The summed E-state index contributed by atoms with van der Waals surface area (Å²) in [5.74, 6) is 1.23. The molecule has 0 aromatic carbocycles. The highest BCUT2D eigenvalue weighted by Gasteiger charge is 2.06. The van der Waals surface area contributed by atoms with E-state index in [9.17, 15) is 0 Å². The van der Waals surface area contributed by atoms with Crippen LogP contribution in [0, 0.1) is 6.92 Å². The Labute approximate surface area is 117 Å². The van der Waals surface area contributed by atoms with Gasteiger partial charge in [-0.2, -0.15) is 0 Å². The second-order valence-electron chi connectivity index (χ2n) is 4.10. The Hall–Kier alpha value is -2.01. The third-order valence-electron chi connectivity index (χ3n) is 2.64. The zero-order chi connectivity index (χ0) is 13.8. The van der Waals surface area contributed by atoms with Gasteiger partial charge in [0.15, 0.2) is 5.75 Å². The molecule has 0 atom stereocenters. The number of ether oxygens (including phenoxy) is 1. The molecule has 0 aliphatic rings. The molecular weight excluding hydrogens is 258 g/mol. The molecule has 0 spiro atoms. The molecule has 2 N–H and O–H groups in total. The molecule has 0 aliphatic heterocycles. The summed E-state index contributed by atoms with van der Waals surface area (Å²) in [5.41, 5.74) is 8.13. The Morgan fingerprint density at radius 2 is 2.11 bits per heavy atom. The molecule has 0 unspecified atom stereocenters. The van der Waals surface area contributed by atoms with Crippen LogP contribution >= 0.6 is 12.2 Å². The molecule has 98 valence electrons. The largest absolute Gasteiger partial charge is 0.437 e. The van der Waals surface area contributed by atoms with Crippen LogP contribution in [0.5, 0.6) is 11.6 Å². The molecule has 5 heteroatoms. The molecule has 0 fully saturated rings. The fourth-order valence-electron chi connectivity index (χ4n) is 1.64. The Kier molecular flexibility index (Phi) is 4.06. The average molecular weight is 273 g/mol. The summed E-state index contributed by atoms with van der Waals surface area (Å²) in [5, 5.41) is 0. The molecule has 2 aromatic rings. The zero-order valence-corrected chi connectivity index (χ0v) is 11.7. The molecule has 0 saturated carbocycles. The van der Waals surface area contributed by atoms with Crippen LogP contribution in [0.1, 0.15) is 23.9 Å². The monoisotopic (exact) mass is 273 g/mol. The van der Waals surface area contributed by atoms with Crippen molar-refractivity contribution in [2.45, 2.75) is 20.3 Å². The van der Waals surface area contributed by atoms with Crippen molar-refractivity contribution in [2.24, 2.45) is 5.73 Å². The Morgan fingerprint density at radius 3 is 2.68 bits per heavy atom. The fourth-order valence-corrected chi connectivity index (χ4v) is 1.76. The first kappa shape index (κ1) is 13.4. The first-order chi connectivity index (χ1) is 9.10. The Bertz CT molecular complexity index is 596. The SMILES string of the molecule is CCc1nc(C)ccc1Oc1ccc(C(N)=S)cn1. The summed E-state index contributed by atoms with van der Waals surface area (Å²) in [6.45, 7) is 4.00. The zero-order valence-electron chi connectivity index (χ0n) is 10.9. The Balaban J connectivity index is 2.23. The highest BCUT2D eigenvalue weighted by Crippen LogP contribution is 2.23. The first-order valence-electron chi connectivity index (χ1n) is 6.00. The molecule has 2 heterocycles. The van der Waals surface area contributed by atoms with Crippen LogP contribution in [0.3, 0.4) is 0 Å². The lowest BCUT2D eigenvalue weighted by Crippen LogP contribution is -2.09. The third kappa shape index (κ3) is 3.26. The number of aromatic nitrogens is 2. The van der Waals surface area contributed by atoms with Crippen LogP contribution in [-0.4, -0.2) is 15.0 Å². The van der Waals surface area contributed by atoms with Crippen LogP contribution in [0.4, 0.5) is 0 Å². The minimum absolute atomic E-state index is 0.324. The number of aryl methyl sites for hydroxylation is 2. The molecule has 2 rings (SSSR count). The number of nitrogens with zero attached hydrogens (tertiary/aromatic N) is 2. The van der Waals surface area contributed by atoms with E-state index in [2.05, 4.69) is 9.97 Å². The molecule has 0 bridgehead atoms. The average Bonchev–Trinajstić information content (AvgIpc) is 2.41. The molecule has 0 amide bonds. The van der Waals surface area contributed by atoms with Crippen molar-refractivity contribution >= 4 is 17.2 Å². The topological polar surface area (TPSA) is 61.0 Å². The molecule has 4 nitrogen and oxygen atoms in total. The van der Waals surface area contributed by atoms with Crippen molar-refractivity contribution in [1.82, 2.24) is 9.97 Å². The fraction of sp³-hybridized carbons (Fsp3) is 0.214. The van der Waals surface area contributed by atoms with E-state index in [-0.39, 0.29) is 0 Å². The smallest absolute Gasteiger partial charge is 0.219 e. The molecule has 2 aromatic heterocycles. The summed E-state index contributed by atoms with van der Waals surface area (Å²) in [7, 11) is 0. The van der Waals surface area contributed by atoms with E-state index in [1.807, 2.05) is 26.0 Å². The minimum atomic E-state index is 0.324. The minimum Gasteiger partial charge on any atom is -0.437 e. The van der Waals surface area contributed by atoms with Gasteiger partial charge in [-0.1, -0.05) is 19.1 Å². The number of nitrogens with two attached hydrogens (primary N) is 1. The highest BCUT2D eigenvalue weighted by molar-refractivity contribution is 7.80. The van der Waals surface area contributed by atoms with Gasteiger partial charge in [0.25, 0.3) is 0 Å². The normalized spacial score (nSPS) is 10.2. The molecule has 0 radical (unpaired) electrons. The van der Waals surface area contributed by atoms with Gasteiger partial charge in [0.2, 0.25) is 5.88 Å². The van der Waals surface area contributed by atoms with Gasteiger partial charge in [-0.25, -0.2) is 4.98 Å². The van der Waals surface area contributed by atoms with Crippen molar-refractivity contribution in [3.8, 4) is 11.6 Å². The summed E-state index contributed by atoms with van der Waals surface area (Å²) in [4.78, 5) is 8.94. The molecular formula is C14H15N3OS. The molecule has 0 saturated heterocycles. The van der Waals surface area contributed by atoms with Crippen molar-refractivity contribution in [3.63, 3.8) is 0 Å². The number of rotatable bonds is 4. The summed E-state index contributed by atoms with van der Waals surface area (Å²) < 4.78 is 5.73. The highest BCUT2D eigenvalue weighted by atomic mass is 32.1. The van der Waals surface area contributed by atoms with Crippen molar-refractivity contribution in [3.05, 3.63) is 47.4 Å². The number of hydrogen-bond acceptors (Lipinski definition) is 4. The maximum Gasteiger partial charge on any atom is 0.219 e. The quantitative estimate of drug-likeness (QED) is 0.868. The van der Waals surface area contributed by atoms with E-state index < -0.39 is 0 Å². The molecule has 19 heavy (non-hydrogen) atoms. The van der Waals surface area contributed by atoms with Gasteiger partial charge >= 0.3 is 0 Å². The van der Waals surface area contributed by atoms with E-state index in [1.165, 1.54) is 0 Å². The summed E-state index contributed by atoms with van der Waals surface area (Å²) in [6.07, 6.45) is 2.41. The lowest BCUT2D eigenvalue weighted by Gasteiger charge is -2.09. The van der Waals surface area contributed by atoms with E-state index in [1.54, 1.807) is 18.3 Å². The predicted molar refractivity (Wildman–Crippen MR) is 78.6 cm³/mol. The first-order valence-corrected chi connectivity index (χ1v) is 6.41. The van der Waals surface area contributed by atoms with Crippen LogP contribution in [0.2, 0.25) is 0 Å². The van der Waals surface area contributed by atoms with E-state index >= 15 is 0 Å². The van der Waals surface area contributed by atoms with Crippen molar-refractivity contribution in [2.75, 3.05) is 0 Å². The second-order valence-corrected chi connectivity index (χ2v) is 4.54. The van der Waals surface area contributed by atoms with Gasteiger partial charge in [0, 0.05) is 23.5 Å². The van der Waals surface area contributed by atoms with Gasteiger partial charge in [-0.05, 0) is 31.5 Å². The van der Waals surface area contributed by atoms with Gasteiger partial charge in [0.1, 0.15) is 4.99 Å². The molecule has 0 aliphatic carbocycles. The van der Waals surface area contributed by atoms with Crippen molar-refractivity contribution in [1.29, 1.82) is 0 Å². The lowest BCUT2D eigenvalue weighted by molar-refractivity contribution is 0.454. The maximum atomic E-state index is 5.73. The maximum absolute atomic E-state index is 5.73. The summed E-state index contributed by atoms with van der Waals surface area (Å²) >= 11 is 4.88. The van der Waals surface area contributed by atoms with Crippen LogP contribution in [0.15, 0.2) is 30.5 Å². The van der Waals surface area contributed by atoms with Crippen LogP contribution in [0.25, 0.3) is 0 Å². The van der Waals surface area contributed by atoms with Gasteiger partial charge in [-0.3, -0.25) is 4.98 Å². The second kappa shape index (κ2) is 5.75. The number of pyridine rings is 2. The van der Waals surface area contributed by atoms with Gasteiger partial charge in [-0.15, -0.1) is 0 Å². The van der Waals surface area contributed by atoms with E-state index in [0.29, 0.717) is 10.9 Å². The standard InChI is InChI=1S/C14H15N3OS/c1-3-11-12(6-4-9(2)17-11)18-13-7-5-10(8-16-13)14(15)19/h4-8H,3H2,1-2H3,(H2,15,19). The van der Waals surface area contributed by atoms with Crippen LogP contribution < -0.4 is 10.5 Å². The van der Waals surface area contributed by atoms with Gasteiger partial charge < -0.3 is 10.5 Å². The number of hydrogen-bond donors (Lipinski definition) is 1. The number of thiocarbonyl (C=S) groups is 1. The van der Waals surface area contributed by atoms with Crippen molar-refractivity contribution < 1.29 is 4.74 Å². The summed E-state index contributed by atoms with van der Waals surface area (Å²) in [6, 6.07) is 7.36. The van der Waals surface area contributed by atoms with Crippen LogP contribution in [-0.2, 0) is 6.42 Å².